The second kappa shape index (κ2) is 7.84. The van der Waals surface area contributed by atoms with Gasteiger partial charge in [-0.3, -0.25) is 0 Å². The number of rotatable bonds is 5. The lowest BCUT2D eigenvalue weighted by atomic mass is 10.1. The summed E-state index contributed by atoms with van der Waals surface area (Å²) >= 11 is 0. The molecule has 0 aliphatic carbocycles. The van der Waals surface area contributed by atoms with Crippen molar-refractivity contribution in [3.63, 3.8) is 0 Å². The third-order valence-corrected chi connectivity index (χ3v) is 5.71. The molecule has 0 saturated carbocycles. The van der Waals surface area contributed by atoms with Crippen LogP contribution in [-0.4, -0.2) is 51.2 Å². The van der Waals surface area contributed by atoms with Gasteiger partial charge in [-0.25, -0.2) is 19.6 Å². The summed E-state index contributed by atoms with van der Waals surface area (Å²) in [5.41, 5.74) is 2.74. The molecule has 0 atom stereocenters. The van der Waals surface area contributed by atoms with Crippen LogP contribution in [0.4, 0.5) is 0 Å². The van der Waals surface area contributed by atoms with Gasteiger partial charge in [0.05, 0.1) is 29.9 Å². The van der Waals surface area contributed by atoms with Crippen LogP contribution >= 0.6 is 0 Å². The van der Waals surface area contributed by atoms with Crippen LogP contribution < -0.4 is 4.74 Å². The van der Waals surface area contributed by atoms with E-state index in [1.165, 1.54) is 0 Å². The first-order valence-electron chi connectivity index (χ1n) is 11.2. The Bertz CT molecular complexity index is 1310. The van der Waals surface area contributed by atoms with Crippen molar-refractivity contribution in [1.29, 1.82) is 0 Å². The minimum atomic E-state index is -0.811. The smallest absolute Gasteiger partial charge is 0.178 e. The maximum atomic E-state index is 10.2. The molecule has 1 aliphatic heterocycles. The van der Waals surface area contributed by atoms with E-state index < -0.39 is 5.60 Å². The third kappa shape index (κ3) is 4.04. The molecule has 0 amide bonds. The first kappa shape index (κ1) is 21.4. The topological polar surface area (TPSA) is 95.8 Å². The summed E-state index contributed by atoms with van der Waals surface area (Å²) in [6.45, 7) is 11.4. The zero-order chi connectivity index (χ0) is 23.3. The molecule has 172 valence electrons. The van der Waals surface area contributed by atoms with E-state index >= 15 is 0 Å². The molecule has 1 aromatic carbocycles. The molecule has 0 spiro atoms. The fourth-order valence-corrected chi connectivity index (χ4v) is 4.18. The maximum absolute atomic E-state index is 10.2. The highest BCUT2D eigenvalue weighted by Gasteiger charge is 2.23. The van der Waals surface area contributed by atoms with Gasteiger partial charge in [-0.2, -0.15) is 5.10 Å². The summed E-state index contributed by atoms with van der Waals surface area (Å²) in [5, 5.41) is 14.5. The van der Waals surface area contributed by atoms with E-state index in [-0.39, 0.29) is 6.04 Å². The second-order valence-electron chi connectivity index (χ2n) is 9.44. The zero-order valence-corrected chi connectivity index (χ0v) is 19.6. The SMILES string of the molecule is Cc1nc(-c2ccc3c(c2)OCCn2cc(-c4ncnn4C(C)C)nc2-3)cn1CC(C)(C)O. The van der Waals surface area contributed by atoms with Crippen LogP contribution in [0.25, 0.3) is 34.2 Å². The minimum Gasteiger partial charge on any atom is -0.491 e. The fourth-order valence-electron chi connectivity index (χ4n) is 4.18. The van der Waals surface area contributed by atoms with Gasteiger partial charge in [-0.1, -0.05) is 6.07 Å². The quantitative estimate of drug-likeness (QED) is 0.501. The molecule has 4 aromatic rings. The normalized spacial score (nSPS) is 13.5. The molecule has 9 nitrogen and oxygen atoms in total. The van der Waals surface area contributed by atoms with Gasteiger partial charge < -0.3 is 19.0 Å². The van der Waals surface area contributed by atoms with Crippen LogP contribution in [-0.2, 0) is 13.1 Å². The van der Waals surface area contributed by atoms with E-state index in [9.17, 15) is 5.11 Å². The average molecular weight is 448 g/mol. The Labute approximate surface area is 192 Å². The summed E-state index contributed by atoms with van der Waals surface area (Å²) < 4.78 is 12.1. The predicted octanol–water partition coefficient (Wildman–Crippen LogP) is 3.72. The first-order valence-corrected chi connectivity index (χ1v) is 11.2. The number of hydrogen-bond donors (Lipinski definition) is 1. The summed E-state index contributed by atoms with van der Waals surface area (Å²) in [6.07, 6.45) is 5.57. The summed E-state index contributed by atoms with van der Waals surface area (Å²) in [6, 6.07) is 6.29. The van der Waals surface area contributed by atoms with Crippen molar-refractivity contribution in [3.05, 3.63) is 42.7 Å². The van der Waals surface area contributed by atoms with E-state index in [2.05, 4.69) is 28.5 Å². The van der Waals surface area contributed by atoms with Gasteiger partial charge in [0.15, 0.2) is 5.82 Å². The van der Waals surface area contributed by atoms with Gasteiger partial charge >= 0.3 is 0 Å². The highest BCUT2D eigenvalue weighted by atomic mass is 16.5. The summed E-state index contributed by atoms with van der Waals surface area (Å²) in [4.78, 5) is 14.1. The van der Waals surface area contributed by atoms with Crippen molar-refractivity contribution < 1.29 is 9.84 Å². The average Bonchev–Trinajstić information content (AvgIpc) is 3.44. The molecule has 0 saturated heterocycles. The first-order chi connectivity index (χ1) is 15.7. The largest absolute Gasteiger partial charge is 0.491 e. The number of benzene rings is 1. The van der Waals surface area contributed by atoms with Crippen LogP contribution in [0, 0.1) is 6.92 Å². The van der Waals surface area contributed by atoms with Crippen LogP contribution in [0.5, 0.6) is 5.75 Å². The number of nitrogens with zero attached hydrogens (tertiary/aromatic N) is 7. The number of aryl methyl sites for hydroxylation is 1. The highest BCUT2D eigenvalue weighted by Crippen LogP contribution is 2.36. The van der Waals surface area contributed by atoms with E-state index in [0.29, 0.717) is 19.7 Å². The van der Waals surface area contributed by atoms with E-state index in [4.69, 9.17) is 14.7 Å². The molecule has 33 heavy (non-hydrogen) atoms. The molecule has 4 heterocycles. The number of hydrogen-bond acceptors (Lipinski definition) is 6. The molecule has 0 unspecified atom stereocenters. The van der Waals surface area contributed by atoms with E-state index in [0.717, 1.165) is 45.7 Å². The van der Waals surface area contributed by atoms with E-state index in [1.54, 1.807) is 20.2 Å². The second-order valence-corrected chi connectivity index (χ2v) is 9.44. The van der Waals surface area contributed by atoms with Gasteiger partial charge in [0.1, 0.15) is 36.0 Å². The Morgan fingerprint density at radius 2 is 1.94 bits per heavy atom. The lowest BCUT2D eigenvalue weighted by Gasteiger charge is -2.18. The van der Waals surface area contributed by atoms with Crippen molar-refractivity contribution in [2.75, 3.05) is 6.61 Å². The molecular formula is C24H29N7O2. The Morgan fingerprint density at radius 1 is 1.12 bits per heavy atom. The van der Waals surface area contributed by atoms with Gasteiger partial charge in [-0.05, 0) is 46.8 Å². The van der Waals surface area contributed by atoms with Crippen LogP contribution in [0.1, 0.15) is 39.6 Å². The van der Waals surface area contributed by atoms with Gasteiger partial charge in [-0.15, -0.1) is 0 Å². The maximum Gasteiger partial charge on any atom is 0.178 e. The number of aliphatic hydroxyl groups is 1. The molecule has 9 heteroatoms. The van der Waals surface area contributed by atoms with Crippen molar-refractivity contribution in [3.8, 4) is 39.9 Å². The van der Waals surface area contributed by atoms with Crippen LogP contribution in [0.2, 0.25) is 0 Å². The van der Waals surface area contributed by atoms with Gasteiger partial charge in [0.25, 0.3) is 0 Å². The standard InChI is InChI=1S/C24H29N7O2/c1-15(2)31-23(25-14-26-31)20-12-29-8-9-33-21-10-17(6-7-18(21)22(29)28-20)19-11-30(16(3)27-19)13-24(4,5)32/h6-7,10-12,14-15,32H,8-9,13H2,1-5H3. The Morgan fingerprint density at radius 3 is 2.70 bits per heavy atom. The zero-order valence-electron chi connectivity index (χ0n) is 19.6. The number of ether oxygens (including phenoxy) is 1. The van der Waals surface area contributed by atoms with E-state index in [1.807, 2.05) is 46.8 Å². The van der Waals surface area contributed by atoms with Crippen molar-refractivity contribution in [2.45, 2.75) is 59.4 Å². The Balaban J connectivity index is 1.52. The van der Waals surface area contributed by atoms with Gasteiger partial charge in [0, 0.05) is 24.0 Å². The number of aromatic nitrogens is 7. The lowest BCUT2D eigenvalue weighted by Crippen LogP contribution is -2.26. The number of fused-ring (bicyclic) bond motifs is 3. The molecule has 5 rings (SSSR count). The Kier molecular flexibility index (Phi) is 5.08. The van der Waals surface area contributed by atoms with Crippen molar-refractivity contribution >= 4 is 0 Å². The predicted molar refractivity (Wildman–Crippen MR) is 125 cm³/mol. The monoisotopic (exact) mass is 447 g/mol. The fraction of sp³-hybridized carbons (Fsp3) is 0.417. The highest BCUT2D eigenvalue weighted by molar-refractivity contribution is 5.73. The van der Waals surface area contributed by atoms with Crippen molar-refractivity contribution in [2.24, 2.45) is 0 Å². The molecule has 1 N–H and O–H groups in total. The molecule has 0 radical (unpaired) electrons. The van der Waals surface area contributed by atoms with Gasteiger partial charge in [0.2, 0.25) is 0 Å². The Hall–Kier alpha value is -3.46. The van der Waals surface area contributed by atoms with Crippen molar-refractivity contribution in [1.82, 2.24) is 33.9 Å². The van der Waals surface area contributed by atoms with Crippen LogP contribution in [0.15, 0.2) is 36.9 Å². The summed E-state index contributed by atoms with van der Waals surface area (Å²) in [7, 11) is 0. The molecule has 1 aliphatic rings. The third-order valence-electron chi connectivity index (χ3n) is 5.71. The molecule has 3 aromatic heterocycles. The lowest BCUT2D eigenvalue weighted by molar-refractivity contribution is 0.0609. The molecular weight excluding hydrogens is 418 g/mol. The van der Waals surface area contributed by atoms with Crippen LogP contribution in [0.3, 0.4) is 0 Å². The molecule has 0 fully saturated rings. The molecule has 0 bridgehead atoms. The summed E-state index contributed by atoms with van der Waals surface area (Å²) in [5.74, 6) is 3.25. The minimum absolute atomic E-state index is 0.196. The number of imidazole rings is 2.